The Hall–Kier alpha value is -0.740. The molecule has 0 aromatic heterocycles. The molecule has 0 fully saturated rings. The molecule has 18 heavy (non-hydrogen) atoms. The van der Waals surface area contributed by atoms with Gasteiger partial charge in [-0.25, -0.2) is 0 Å². The fourth-order valence-electron chi connectivity index (χ4n) is 1.64. The van der Waals surface area contributed by atoms with Crippen molar-refractivity contribution in [2.24, 2.45) is 0 Å². The van der Waals surface area contributed by atoms with Crippen molar-refractivity contribution >= 4 is 29.1 Å². The summed E-state index contributed by atoms with van der Waals surface area (Å²) >= 11 is 7.72. The molecule has 1 rings (SSSR count). The first-order valence-electron chi connectivity index (χ1n) is 5.48. The molecule has 1 aromatic carbocycles. The second-order valence-electron chi connectivity index (χ2n) is 4.48. The van der Waals surface area contributed by atoms with Gasteiger partial charge in [-0.15, -0.1) is 11.8 Å². The number of nitrogens with zero attached hydrogens (tertiary/aromatic N) is 1. The lowest BCUT2D eigenvalue weighted by Crippen LogP contribution is -2.13. The molecular weight excluding hydrogens is 270 g/mol. The molecule has 0 heterocycles. The van der Waals surface area contributed by atoms with Crippen molar-refractivity contribution in [2.75, 3.05) is 0 Å². The minimum absolute atomic E-state index is 0. The summed E-state index contributed by atoms with van der Waals surface area (Å²) in [6.45, 7) is 6.44. The van der Waals surface area contributed by atoms with E-state index in [1.165, 1.54) is 12.1 Å². The highest BCUT2D eigenvalue weighted by Crippen LogP contribution is 2.40. The molecule has 0 radical (unpaired) electrons. The first-order valence-corrected chi connectivity index (χ1v) is 6.68. The zero-order chi connectivity index (χ0) is 13.1. The first-order chi connectivity index (χ1) is 7.85. The summed E-state index contributed by atoms with van der Waals surface area (Å²) in [5.74, 6) is 0. The number of nitro benzene ring substituents is 1. The van der Waals surface area contributed by atoms with Crippen LogP contribution in [0, 0.1) is 10.1 Å². The molecule has 3 nitrogen and oxygen atoms in total. The highest BCUT2D eigenvalue weighted by atomic mass is 35.5. The van der Waals surface area contributed by atoms with Crippen LogP contribution >= 0.6 is 23.4 Å². The van der Waals surface area contributed by atoms with Crippen LogP contribution < -0.4 is 0 Å². The van der Waals surface area contributed by atoms with E-state index in [1.807, 2.05) is 0 Å². The van der Waals surface area contributed by atoms with Crippen molar-refractivity contribution in [3.8, 4) is 0 Å². The van der Waals surface area contributed by atoms with E-state index < -0.39 is 4.92 Å². The number of rotatable bonds is 5. The van der Waals surface area contributed by atoms with Crippen molar-refractivity contribution in [2.45, 2.75) is 50.7 Å². The van der Waals surface area contributed by atoms with Gasteiger partial charge in [0.05, 0.1) is 9.95 Å². The van der Waals surface area contributed by atoms with Gasteiger partial charge in [-0.1, -0.05) is 46.2 Å². The maximum atomic E-state index is 10.6. The van der Waals surface area contributed by atoms with Crippen molar-refractivity contribution in [3.05, 3.63) is 33.3 Å². The third kappa shape index (κ3) is 4.86. The van der Waals surface area contributed by atoms with Gasteiger partial charge in [0.2, 0.25) is 0 Å². The Morgan fingerprint density at radius 1 is 1.44 bits per heavy atom. The molecule has 0 unspecified atom stereocenters. The maximum Gasteiger partial charge on any atom is 0.270 e. The number of benzene rings is 1. The van der Waals surface area contributed by atoms with E-state index in [9.17, 15) is 10.1 Å². The Morgan fingerprint density at radius 3 is 2.50 bits per heavy atom. The number of non-ortho nitro benzene ring substituents is 1. The van der Waals surface area contributed by atoms with Gasteiger partial charge in [0.25, 0.3) is 5.69 Å². The molecular formula is C13H20ClNO2S. The number of nitro groups is 1. The molecule has 5 heteroatoms. The molecule has 0 spiro atoms. The topological polar surface area (TPSA) is 43.1 Å². The molecule has 0 saturated heterocycles. The van der Waals surface area contributed by atoms with Crippen LogP contribution in [0.1, 0.15) is 41.0 Å². The lowest BCUT2D eigenvalue weighted by Gasteiger charge is -2.23. The van der Waals surface area contributed by atoms with Gasteiger partial charge in [-0.2, -0.15) is 0 Å². The maximum absolute atomic E-state index is 10.6. The van der Waals surface area contributed by atoms with Crippen LogP contribution in [0.3, 0.4) is 0 Å². The van der Waals surface area contributed by atoms with Crippen LogP contribution in [-0.4, -0.2) is 9.67 Å². The van der Waals surface area contributed by atoms with Gasteiger partial charge >= 0.3 is 0 Å². The zero-order valence-electron chi connectivity index (χ0n) is 10.2. The zero-order valence-corrected chi connectivity index (χ0v) is 11.8. The Morgan fingerprint density at radius 2 is 2.06 bits per heavy atom. The second kappa shape index (κ2) is 7.00. The van der Waals surface area contributed by atoms with Crippen molar-refractivity contribution in [3.63, 3.8) is 0 Å². The third-order valence-corrected chi connectivity index (χ3v) is 4.12. The Kier molecular flexibility index (Phi) is 6.71. The molecule has 0 atom stereocenters. The third-order valence-electron chi connectivity index (χ3n) is 2.36. The van der Waals surface area contributed by atoms with Crippen LogP contribution in [0.5, 0.6) is 0 Å². The standard InChI is InChI=1S/C12H16ClNO2S.CH4/c1-4-7-12(2,3)17-11-6-5-9(14(15)16)8-10(11)13;/h5-6,8H,4,7H2,1-3H3;1H4. The highest BCUT2D eigenvalue weighted by Gasteiger charge is 2.20. The van der Waals surface area contributed by atoms with E-state index >= 15 is 0 Å². The van der Waals surface area contributed by atoms with Crippen molar-refractivity contribution in [1.29, 1.82) is 0 Å². The molecule has 0 bridgehead atoms. The molecule has 0 aliphatic heterocycles. The first kappa shape index (κ1) is 17.3. The molecule has 1 aromatic rings. The monoisotopic (exact) mass is 289 g/mol. The summed E-state index contributed by atoms with van der Waals surface area (Å²) in [7, 11) is 0. The van der Waals surface area contributed by atoms with Crippen LogP contribution in [0.15, 0.2) is 23.1 Å². The smallest absolute Gasteiger partial charge is 0.258 e. The number of halogens is 1. The fourth-order valence-corrected chi connectivity index (χ4v) is 3.12. The van der Waals surface area contributed by atoms with Gasteiger partial charge in [-0.3, -0.25) is 10.1 Å². The van der Waals surface area contributed by atoms with E-state index in [4.69, 9.17) is 11.6 Å². The quantitative estimate of drug-likeness (QED) is 0.405. The van der Waals surface area contributed by atoms with Gasteiger partial charge in [-0.05, 0) is 12.5 Å². The van der Waals surface area contributed by atoms with E-state index in [2.05, 4.69) is 20.8 Å². The molecule has 0 aliphatic rings. The molecule has 102 valence electrons. The van der Waals surface area contributed by atoms with Crippen molar-refractivity contribution in [1.82, 2.24) is 0 Å². The summed E-state index contributed by atoms with van der Waals surface area (Å²) in [4.78, 5) is 11.1. The van der Waals surface area contributed by atoms with E-state index in [0.717, 1.165) is 17.7 Å². The predicted octanol–water partition coefficient (Wildman–Crippen LogP) is 5.56. The van der Waals surface area contributed by atoms with E-state index in [0.29, 0.717) is 5.02 Å². The second-order valence-corrected chi connectivity index (χ2v) is 6.64. The highest BCUT2D eigenvalue weighted by molar-refractivity contribution is 8.00. The summed E-state index contributed by atoms with van der Waals surface area (Å²) < 4.78 is 0.0918. The number of hydrogen-bond acceptors (Lipinski definition) is 3. The minimum atomic E-state index is -0.433. The average molecular weight is 290 g/mol. The molecule has 0 amide bonds. The normalized spacial score (nSPS) is 10.9. The predicted molar refractivity (Wildman–Crippen MR) is 79.7 cm³/mol. The Balaban J connectivity index is 0.00000289. The van der Waals surface area contributed by atoms with Gasteiger partial charge in [0.15, 0.2) is 0 Å². The van der Waals surface area contributed by atoms with E-state index in [1.54, 1.807) is 17.8 Å². The number of thioether (sulfide) groups is 1. The summed E-state index contributed by atoms with van der Waals surface area (Å²) in [6, 6.07) is 4.63. The lowest BCUT2D eigenvalue weighted by atomic mass is 10.1. The minimum Gasteiger partial charge on any atom is -0.258 e. The van der Waals surface area contributed by atoms with Gasteiger partial charge < -0.3 is 0 Å². The Bertz CT molecular complexity index is 421. The van der Waals surface area contributed by atoms with Crippen LogP contribution in [0.25, 0.3) is 0 Å². The summed E-state index contributed by atoms with van der Waals surface area (Å²) in [6.07, 6.45) is 2.18. The molecule has 0 saturated carbocycles. The number of hydrogen-bond donors (Lipinski definition) is 0. The Labute approximate surface area is 118 Å². The fraction of sp³-hybridized carbons (Fsp3) is 0.538. The average Bonchev–Trinajstić information content (AvgIpc) is 2.20. The summed E-state index contributed by atoms with van der Waals surface area (Å²) in [5, 5.41) is 11.0. The van der Waals surface area contributed by atoms with Crippen LogP contribution in [0.2, 0.25) is 5.02 Å². The van der Waals surface area contributed by atoms with Gasteiger partial charge in [0, 0.05) is 21.8 Å². The summed E-state index contributed by atoms with van der Waals surface area (Å²) in [5.41, 5.74) is 0.0349. The van der Waals surface area contributed by atoms with E-state index in [-0.39, 0.29) is 17.9 Å². The lowest BCUT2D eigenvalue weighted by molar-refractivity contribution is -0.384. The molecule has 0 N–H and O–H groups in total. The SMILES string of the molecule is C.CCCC(C)(C)Sc1ccc([N+](=O)[O-])cc1Cl. The van der Waals surface area contributed by atoms with Crippen LogP contribution in [0.4, 0.5) is 5.69 Å². The largest absolute Gasteiger partial charge is 0.270 e. The van der Waals surface area contributed by atoms with Gasteiger partial charge in [0.1, 0.15) is 0 Å². The molecule has 0 aliphatic carbocycles. The van der Waals surface area contributed by atoms with Crippen LogP contribution in [-0.2, 0) is 0 Å². The van der Waals surface area contributed by atoms with Crippen molar-refractivity contribution < 1.29 is 4.92 Å².